The highest BCUT2D eigenvalue weighted by Crippen LogP contribution is 2.59. The Morgan fingerprint density at radius 3 is 2.44 bits per heavy atom. The maximum absolute atomic E-state index is 14.9. The molecule has 4 aliphatic heterocycles. The third-order valence-corrected chi connectivity index (χ3v) is 9.58. The van der Waals surface area contributed by atoms with Gasteiger partial charge in [0.2, 0.25) is 5.91 Å². The van der Waals surface area contributed by atoms with Crippen LogP contribution < -0.4 is 4.90 Å². The monoisotopic (exact) mass is 578 g/mol. The molecule has 7 rings (SSSR count). The zero-order valence-electron chi connectivity index (χ0n) is 24.0. The molecule has 3 aromatic carbocycles. The average Bonchev–Trinajstić information content (AvgIpc) is 3.38. The number of fused-ring (bicyclic) bond motifs is 3. The van der Waals surface area contributed by atoms with E-state index in [9.17, 15) is 19.5 Å². The van der Waals surface area contributed by atoms with Gasteiger partial charge >= 0.3 is 5.97 Å². The van der Waals surface area contributed by atoms with Gasteiger partial charge < -0.3 is 24.4 Å². The molecule has 0 bridgehead atoms. The van der Waals surface area contributed by atoms with Crippen molar-refractivity contribution in [3.8, 4) is 0 Å². The van der Waals surface area contributed by atoms with E-state index < -0.39 is 53.6 Å². The highest BCUT2D eigenvalue weighted by molar-refractivity contribution is 6.06. The fourth-order valence-electron chi connectivity index (χ4n) is 7.61. The summed E-state index contributed by atoms with van der Waals surface area (Å²) in [7, 11) is 0. The highest BCUT2D eigenvalue weighted by Gasteiger charge is 2.76. The van der Waals surface area contributed by atoms with Gasteiger partial charge in [0.05, 0.1) is 25.2 Å². The van der Waals surface area contributed by atoms with Crippen LogP contribution in [0.3, 0.4) is 0 Å². The Kier molecular flexibility index (Phi) is 6.71. The molecule has 8 nitrogen and oxygen atoms in total. The molecule has 1 N–H and O–H groups in total. The van der Waals surface area contributed by atoms with E-state index in [2.05, 4.69) is 0 Å². The molecular formula is C35H34N2O6. The molecule has 3 aromatic rings. The van der Waals surface area contributed by atoms with E-state index >= 15 is 0 Å². The second-order valence-corrected chi connectivity index (χ2v) is 11.7. The van der Waals surface area contributed by atoms with E-state index in [-0.39, 0.29) is 19.1 Å². The normalized spacial score (nSPS) is 30.7. The standard InChI is InChI=1S/C35H34N2O6/c1-2-34-17-8-9-20-42-33(41)29(34)28-31(39)37(27(22-38)24-12-4-3-5-13-24)30-32(40)36(19-10-18-35(28,30)43-34)26-16-15-23-11-6-7-14-25(23)21-26/h3-8,10-18,21,27-30,38H,2,9,19-20,22H2,1H3/t27-,28+,29-,30?,34+,35+/m1/s1. The summed E-state index contributed by atoms with van der Waals surface area (Å²) >= 11 is 0. The summed E-state index contributed by atoms with van der Waals surface area (Å²) in [5, 5.41) is 12.8. The molecule has 43 heavy (non-hydrogen) atoms. The van der Waals surface area contributed by atoms with E-state index in [1.165, 1.54) is 4.90 Å². The van der Waals surface area contributed by atoms with Gasteiger partial charge in [0.15, 0.2) is 0 Å². The van der Waals surface area contributed by atoms with Crippen molar-refractivity contribution in [1.82, 2.24) is 4.90 Å². The summed E-state index contributed by atoms with van der Waals surface area (Å²) in [5.41, 5.74) is -1.19. The predicted octanol–water partition coefficient (Wildman–Crippen LogP) is 4.34. The Hall–Kier alpha value is -4.27. The van der Waals surface area contributed by atoms with Crippen LogP contribution in [0.15, 0.2) is 97.1 Å². The molecule has 0 saturated carbocycles. The molecule has 0 aromatic heterocycles. The summed E-state index contributed by atoms with van der Waals surface area (Å²) in [4.78, 5) is 46.5. The lowest BCUT2D eigenvalue weighted by Crippen LogP contribution is -2.57. The summed E-state index contributed by atoms with van der Waals surface area (Å²) in [6, 6.07) is 21.0. The SMILES string of the molecule is CC[C@]12C=CCCOC(=O)[C@H]1[C@H]1C(=O)N([C@H](CO)c3ccccc3)C3C(=O)N(c4ccc5ccccc5c4)CC=C[C@@]31O2. The van der Waals surface area contributed by atoms with Crippen LogP contribution in [0.2, 0.25) is 0 Å². The van der Waals surface area contributed by atoms with Gasteiger partial charge in [-0.15, -0.1) is 0 Å². The van der Waals surface area contributed by atoms with Gasteiger partial charge in [-0.05, 0) is 41.3 Å². The number of aliphatic hydroxyl groups is 1. The second-order valence-electron chi connectivity index (χ2n) is 11.7. The number of ether oxygens (including phenoxy) is 2. The number of aliphatic hydroxyl groups excluding tert-OH is 1. The van der Waals surface area contributed by atoms with Gasteiger partial charge in [0.25, 0.3) is 5.91 Å². The number of benzene rings is 3. The molecule has 4 aliphatic rings. The minimum absolute atomic E-state index is 0.209. The molecule has 0 aliphatic carbocycles. The topological polar surface area (TPSA) is 96.4 Å². The Bertz CT molecular complexity index is 1650. The van der Waals surface area contributed by atoms with Crippen molar-refractivity contribution in [3.63, 3.8) is 0 Å². The van der Waals surface area contributed by atoms with Gasteiger partial charge in [-0.1, -0.05) is 91.9 Å². The molecule has 1 spiro atoms. The van der Waals surface area contributed by atoms with Crippen molar-refractivity contribution < 1.29 is 29.0 Å². The number of likely N-dealkylation sites (tertiary alicyclic amines) is 1. The number of rotatable bonds is 5. The largest absolute Gasteiger partial charge is 0.465 e. The smallest absolute Gasteiger partial charge is 0.313 e. The zero-order valence-corrected chi connectivity index (χ0v) is 24.0. The summed E-state index contributed by atoms with van der Waals surface area (Å²) in [6.07, 6.45) is 8.47. The van der Waals surface area contributed by atoms with Crippen molar-refractivity contribution in [1.29, 1.82) is 0 Å². The van der Waals surface area contributed by atoms with Crippen LogP contribution in [-0.4, -0.2) is 64.8 Å². The first-order valence-electron chi connectivity index (χ1n) is 14.9. The maximum atomic E-state index is 14.9. The van der Waals surface area contributed by atoms with Gasteiger partial charge in [0.1, 0.15) is 23.2 Å². The number of esters is 1. The Morgan fingerprint density at radius 2 is 1.67 bits per heavy atom. The number of cyclic esters (lactones) is 1. The number of amides is 2. The minimum atomic E-state index is -1.45. The van der Waals surface area contributed by atoms with Gasteiger partial charge in [0, 0.05) is 12.2 Å². The third kappa shape index (κ3) is 4.07. The van der Waals surface area contributed by atoms with Crippen LogP contribution in [0.5, 0.6) is 0 Å². The molecule has 1 unspecified atom stereocenters. The van der Waals surface area contributed by atoms with E-state index in [0.29, 0.717) is 24.1 Å². The number of nitrogens with zero attached hydrogens (tertiary/aromatic N) is 2. The summed E-state index contributed by atoms with van der Waals surface area (Å²) < 4.78 is 12.6. The number of carbonyl (C=O) groups excluding carboxylic acids is 3. The third-order valence-electron chi connectivity index (χ3n) is 9.58. The molecule has 0 radical (unpaired) electrons. The minimum Gasteiger partial charge on any atom is -0.465 e. The molecule has 2 fully saturated rings. The van der Waals surface area contributed by atoms with Crippen LogP contribution in [0.25, 0.3) is 10.8 Å². The second kappa shape index (κ2) is 10.5. The van der Waals surface area contributed by atoms with Crippen LogP contribution >= 0.6 is 0 Å². The van der Waals surface area contributed by atoms with Crippen molar-refractivity contribution in [2.45, 2.75) is 43.1 Å². The van der Waals surface area contributed by atoms with Crippen molar-refractivity contribution in [2.75, 3.05) is 24.7 Å². The predicted molar refractivity (Wildman–Crippen MR) is 161 cm³/mol. The number of carbonyl (C=O) groups is 3. The first-order chi connectivity index (χ1) is 20.9. The van der Waals surface area contributed by atoms with Crippen molar-refractivity contribution >= 4 is 34.2 Å². The molecule has 6 atom stereocenters. The lowest BCUT2D eigenvalue weighted by Gasteiger charge is -2.41. The van der Waals surface area contributed by atoms with Crippen LogP contribution in [0.4, 0.5) is 5.69 Å². The number of hydrogen-bond donors (Lipinski definition) is 1. The number of hydrogen-bond acceptors (Lipinski definition) is 6. The Labute approximate surface area is 250 Å². The lowest BCUT2D eigenvalue weighted by atomic mass is 9.73. The zero-order chi connectivity index (χ0) is 29.8. The lowest BCUT2D eigenvalue weighted by molar-refractivity contribution is -0.161. The van der Waals surface area contributed by atoms with E-state index in [0.717, 1.165) is 10.8 Å². The molecule has 2 saturated heterocycles. The Morgan fingerprint density at radius 1 is 0.907 bits per heavy atom. The fraction of sp³-hybridized carbons (Fsp3) is 0.343. The molecule has 2 amide bonds. The van der Waals surface area contributed by atoms with E-state index in [1.807, 2.05) is 104 Å². The summed E-state index contributed by atoms with van der Waals surface area (Å²) in [6.45, 7) is 1.98. The molecular weight excluding hydrogens is 544 g/mol. The molecule has 220 valence electrons. The van der Waals surface area contributed by atoms with Crippen molar-refractivity contribution in [3.05, 3.63) is 103 Å². The van der Waals surface area contributed by atoms with Gasteiger partial charge in [-0.3, -0.25) is 14.4 Å². The average molecular weight is 579 g/mol. The van der Waals surface area contributed by atoms with E-state index in [4.69, 9.17) is 9.47 Å². The Balaban J connectivity index is 1.42. The first-order valence-corrected chi connectivity index (χ1v) is 14.9. The molecule has 4 heterocycles. The highest BCUT2D eigenvalue weighted by atomic mass is 16.6. The van der Waals surface area contributed by atoms with E-state index in [1.54, 1.807) is 4.90 Å². The summed E-state index contributed by atoms with van der Waals surface area (Å²) in [5.74, 6) is -3.20. The molecule has 8 heteroatoms. The van der Waals surface area contributed by atoms with Crippen LogP contribution in [0.1, 0.15) is 31.4 Å². The number of anilines is 1. The first kappa shape index (κ1) is 27.6. The fourth-order valence-corrected chi connectivity index (χ4v) is 7.61. The van der Waals surface area contributed by atoms with Crippen molar-refractivity contribution in [2.24, 2.45) is 11.8 Å². The van der Waals surface area contributed by atoms with Crippen LogP contribution in [0, 0.1) is 11.8 Å². The van der Waals surface area contributed by atoms with Gasteiger partial charge in [-0.2, -0.15) is 0 Å². The van der Waals surface area contributed by atoms with Gasteiger partial charge in [-0.25, -0.2) is 0 Å². The maximum Gasteiger partial charge on any atom is 0.313 e. The quantitative estimate of drug-likeness (QED) is 0.358. The van der Waals surface area contributed by atoms with Crippen LogP contribution in [-0.2, 0) is 23.9 Å².